The van der Waals surface area contributed by atoms with Crippen LogP contribution in [0.2, 0.25) is 0 Å². The van der Waals surface area contributed by atoms with Gasteiger partial charge < -0.3 is 9.80 Å². The summed E-state index contributed by atoms with van der Waals surface area (Å²) in [5.41, 5.74) is 12.0. The van der Waals surface area contributed by atoms with E-state index in [1.165, 1.54) is 57.8 Å². The average Bonchev–Trinajstić information content (AvgIpc) is 3.06. The molecule has 0 aromatic heterocycles. The van der Waals surface area contributed by atoms with Crippen molar-refractivity contribution in [1.82, 2.24) is 9.80 Å². The van der Waals surface area contributed by atoms with Crippen LogP contribution in [-0.2, 0) is 0 Å². The van der Waals surface area contributed by atoms with Crippen LogP contribution < -0.4 is 0 Å². The Morgan fingerprint density at radius 2 is 1.90 bits per heavy atom. The number of likely N-dealkylation sites (N-methyl/N-ethyl adjacent to an activating group) is 2. The largest absolute Gasteiger partial charge is 0.345 e. The van der Waals surface area contributed by atoms with Gasteiger partial charge in [0.2, 0.25) is 0 Å². The monoisotopic (exact) mass is 416 g/mol. The van der Waals surface area contributed by atoms with E-state index in [1.807, 2.05) is 0 Å². The number of fused-ring (bicyclic) bond motifs is 1. The van der Waals surface area contributed by atoms with Gasteiger partial charge in [0.25, 0.3) is 0 Å². The lowest BCUT2D eigenvalue weighted by Gasteiger charge is -2.36. The molecule has 1 aliphatic heterocycles. The maximum atomic E-state index is 4.53. The molecule has 0 bridgehead atoms. The van der Waals surface area contributed by atoms with E-state index in [9.17, 15) is 0 Å². The van der Waals surface area contributed by atoms with Crippen LogP contribution in [0.4, 0.5) is 0 Å². The van der Waals surface area contributed by atoms with Gasteiger partial charge in [-0.1, -0.05) is 50.3 Å². The lowest BCUT2D eigenvalue weighted by atomic mass is 9.87. The highest BCUT2D eigenvalue weighted by atomic mass is 15.2. The van der Waals surface area contributed by atoms with E-state index in [0.29, 0.717) is 5.92 Å². The van der Waals surface area contributed by atoms with Crippen molar-refractivity contribution in [2.24, 2.45) is 5.92 Å². The molecular formula is C29H40N2. The molecule has 0 aromatic rings. The van der Waals surface area contributed by atoms with Gasteiger partial charge in [0.05, 0.1) is 0 Å². The molecule has 0 aromatic carbocycles. The van der Waals surface area contributed by atoms with E-state index in [0.717, 1.165) is 25.1 Å². The zero-order chi connectivity index (χ0) is 22.7. The normalized spacial score (nSPS) is 21.0. The molecule has 2 aliphatic carbocycles. The van der Waals surface area contributed by atoms with Crippen molar-refractivity contribution >= 4 is 0 Å². The van der Waals surface area contributed by atoms with Crippen LogP contribution >= 0.6 is 0 Å². The van der Waals surface area contributed by atoms with Crippen LogP contribution in [0.3, 0.4) is 0 Å². The summed E-state index contributed by atoms with van der Waals surface area (Å²) < 4.78 is 0. The van der Waals surface area contributed by atoms with E-state index < -0.39 is 0 Å². The molecule has 0 unspecified atom stereocenters. The fourth-order valence-corrected chi connectivity index (χ4v) is 4.93. The fourth-order valence-electron chi connectivity index (χ4n) is 4.93. The Hall–Kier alpha value is -2.48. The van der Waals surface area contributed by atoms with Gasteiger partial charge in [0, 0.05) is 42.0 Å². The van der Waals surface area contributed by atoms with Crippen molar-refractivity contribution in [2.75, 3.05) is 13.6 Å². The number of allylic oxidation sites excluding steroid dienone is 10. The molecular weight excluding hydrogens is 376 g/mol. The van der Waals surface area contributed by atoms with E-state index in [4.69, 9.17) is 0 Å². The molecule has 0 atom stereocenters. The zero-order valence-electron chi connectivity index (χ0n) is 20.7. The Bertz CT molecular complexity index is 957. The minimum absolute atomic E-state index is 0.469. The van der Waals surface area contributed by atoms with Crippen LogP contribution in [0.5, 0.6) is 0 Å². The first-order valence-electron chi connectivity index (χ1n) is 11.9. The van der Waals surface area contributed by atoms with Crippen molar-refractivity contribution in [3.63, 3.8) is 0 Å². The van der Waals surface area contributed by atoms with Crippen LogP contribution in [0.1, 0.15) is 67.2 Å². The Balaban J connectivity index is 2.01. The highest BCUT2D eigenvalue weighted by molar-refractivity contribution is 5.58. The van der Waals surface area contributed by atoms with Gasteiger partial charge in [0.15, 0.2) is 0 Å². The summed E-state index contributed by atoms with van der Waals surface area (Å²) in [7, 11) is 2.18. The summed E-state index contributed by atoms with van der Waals surface area (Å²) in [6.45, 7) is 19.0. The minimum Gasteiger partial charge on any atom is -0.345 e. The summed E-state index contributed by atoms with van der Waals surface area (Å²) in [5, 5.41) is 0. The first kappa shape index (κ1) is 23.2. The van der Waals surface area contributed by atoms with Crippen molar-refractivity contribution < 1.29 is 0 Å². The van der Waals surface area contributed by atoms with Crippen LogP contribution in [0.15, 0.2) is 93.7 Å². The second-order valence-corrected chi connectivity index (χ2v) is 9.24. The van der Waals surface area contributed by atoms with Crippen LogP contribution in [0, 0.1) is 5.92 Å². The number of nitrogens with zero attached hydrogens (tertiary/aromatic N) is 2. The third-order valence-corrected chi connectivity index (χ3v) is 6.73. The fraction of sp³-hybridized carbons (Fsp3) is 0.448. The van der Waals surface area contributed by atoms with Gasteiger partial charge in [-0.2, -0.15) is 0 Å². The molecule has 166 valence electrons. The summed E-state index contributed by atoms with van der Waals surface area (Å²) in [6.07, 6.45) is 18.5. The first-order chi connectivity index (χ1) is 14.8. The summed E-state index contributed by atoms with van der Waals surface area (Å²) in [5.74, 6) is 0.469. The molecule has 0 amide bonds. The molecule has 1 heterocycles. The Labute approximate surface area is 190 Å². The van der Waals surface area contributed by atoms with E-state index in [1.54, 1.807) is 0 Å². The SMILES string of the molecule is C=C(C1=C(C)C=C(C)CCC1)N(C)C1=CCC=C2C(=C1)C(C(C)C)=C/C(=C/C)N2CC. The molecule has 0 spiro atoms. The average molecular weight is 417 g/mol. The Morgan fingerprint density at radius 3 is 2.55 bits per heavy atom. The van der Waals surface area contributed by atoms with E-state index in [-0.39, 0.29) is 0 Å². The number of rotatable bonds is 5. The van der Waals surface area contributed by atoms with E-state index in [2.05, 4.69) is 101 Å². The predicted octanol–water partition coefficient (Wildman–Crippen LogP) is 7.80. The van der Waals surface area contributed by atoms with Crippen molar-refractivity contribution in [2.45, 2.75) is 67.2 Å². The molecule has 2 nitrogen and oxygen atoms in total. The van der Waals surface area contributed by atoms with Gasteiger partial charge in [-0.3, -0.25) is 0 Å². The van der Waals surface area contributed by atoms with Gasteiger partial charge in [0.1, 0.15) is 0 Å². The van der Waals surface area contributed by atoms with Gasteiger partial charge in [-0.05, 0) is 88.2 Å². The third kappa shape index (κ3) is 4.74. The lowest BCUT2D eigenvalue weighted by molar-refractivity contribution is 0.457. The molecule has 0 N–H and O–H groups in total. The minimum atomic E-state index is 0.469. The van der Waals surface area contributed by atoms with Gasteiger partial charge >= 0.3 is 0 Å². The molecule has 2 heteroatoms. The molecule has 31 heavy (non-hydrogen) atoms. The Morgan fingerprint density at radius 1 is 1.16 bits per heavy atom. The predicted molar refractivity (Wildman–Crippen MR) is 135 cm³/mol. The maximum Gasteiger partial charge on any atom is 0.0450 e. The van der Waals surface area contributed by atoms with Gasteiger partial charge in [-0.25, -0.2) is 0 Å². The molecule has 0 saturated carbocycles. The second kappa shape index (κ2) is 9.77. The molecule has 3 rings (SSSR count). The van der Waals surface area contributed by atoms with Crippen molar-refractivity contribution in [1.29, 1.82) is 0 Å². The lowest BCUT2D eigenvalue weighted by Crippen LogP contribution is -2.28. The van der Waals surface area contributed by atoms with Crippen LogP contribution in [-0.4, -0.2) is 23.4 Å². The Kier molecular flexibility index (Phi) is 7.30. The topological polar surface area (TPSA) is 6.48 Å². The molecule has 3 aliphatic rings. The maximum absolute atomic E-state index is 4.53. The molecule has 0 radical (unpaired) electrons. The summed E-state index contributed by atoms with van der Waals surface area (Å²) in [4.78, 5) is 4.74. The number of hydrogen-bond acceptors (Lipinski definition) is 2. The van der Waals surface area contributed by atoms with Gasteiger partial charge in [-0.15, -0.1) is 0 Å². The molecule has 0 saturated heterocycles. The number of hydrogen-bond donors (Lipinski definition) is 0. The quantitative estimate of drug-likeness (QED) is 0.451. The summed E-state index contributed by atoms with van der Waals surface area (Å²) in [6, 6.07) is 0. The smallest absolute Gasteiger partial charge is 0.0450 e. The first-order valence-corrected chi connectivity index (χ1v) is 11.9. The van der Waals surface area contributed by atoms with E-state index >= 15 is 0 Å². The van der Waals surface area contributed by atoms with Crippen molar-refractivity contribution in [3.8, 4) is 0 Å². The standard InChI is InChI=1S/C29H40N2/c1-9-24-18-27(20(3)4)28-19-25(14-12-16-29(28)31(24)10-2)30(8)23(7)26-15-11-13-21(5)17-22(26)6/h9,14,16-20H,7,10-13,15H2,1-6,8H3/b24-9-. The van der Waals surface area contributed by atoms with Crippen LogP contribution in [0.25, 0.3) is 0 Å². The van der Waals surface area contributed by atoms with Crippen molar-refractivity contribution in [3.05, 3.63) is 93.7 Å². The second-order valence-electron chi connectivity index (χ2n) is 9.24. The highest BCUT2D eigenvalue weighted by Gasteiger charge is 2.27. The highest BCUT2D eigenvalue weighted by Crippen LogP contribution is 2.39. The summed E-state index contributed by atoms with van der Waals surface area (Å²) >= 11 is 0. The molecule has 0 fully saturated rings. The zero-order valence-corrected chi connectivity index (χ0v) is 20.7. The third-order valence-electron chi connectivity index (χ3n) is 6.73.